The molecule has 1 unspecified atom stereocenters. The van der Waals surface area contributed by atoms with Crippen molar-refractivity contribution in [2.24, 2.45) is 0 Å². The number of carbonyl (C=O) groups excluding carboxylic acids is 1. The molecular weight excluding hydrogens is 186 g/mol. The van der Waals surface area contributed by atoms with Gasteiger partial charge in [-0.1, -0.05) is 11.9 Å². The molecule has 0 aromatic heterocycles. The maximum absolute atomic E-state index is 10.2. The first-order valence-corrected chi connectivity index (χ1v) is 5.77. The Morgan fingerprint density at radius 1 is 1.69 bits per heavy atom. The monoisotopic (exact) mass is 203 g/mol. The predicted molar refractivity (Wildman–Crippen MR) is 55.6 cm³/mol. The lowest BCUT2D eigenvalue weighted by molar-refractivity contribution is -0.110. The highest BCUT2D eigenvalue weighted by molar-refractivity contribution is 7.96. The number of likely N-dealkylation sites (tertiary alicyclic amines) is 1. The van der Waals surface area contributed by atoms with Crippen molar-refractivity contribution in [3.05, 3.63) is 0 Å². The summed E-state index contributed by atoms with van der Waals surface area (Å²) in [5.74, 6) is 0. The molecule has 1 amide bonds. The summed E-state index contributed by atoms with van der Waals surface area (Å²) in [6.07, 6.45) is 3.91. The average Bonchev–Trinajstić information content (AvgIpc) is 2.54. The van der Waals surface area contributed by atoms with Gasteiger partial charge in [0, 0.05) is 32.2 Å². The Morgan fingerprint density at radius 2 is 2.54 bits per heavy atom. The van der Waals surface area contributed by atoms with Gasteiger partial charge in [-0.3, -0.25) is 14.4 Å². The quantitative estimate of drug-likeness (QED) is 0.353. The van der Waals surface area contributed by atoms with Gasteiger partial charge in [0.2, 0.25) is 6.41 Å². The van der Waals surface area contributed by atoms with Gasteiger partial charge in [0.25, 0.3) is 0 Å². The summed E-state index contributed by atoms with van der Waals surface area (Å²) in [5.41, 5.74) is 0. The lowest BCUT2D eigenvalue weighted by atomic mass is 10.3. The lowest BCUT2D eigenvalue weighted by Gasteiger charge is -2.15. The summed E-state index contributed by atoms with van der Waals surface area (Å²) in [7, 11) is 0. The molecule has 0 aromatic rings. The topological polar surface area (TPSA) is 44.4 Å². The van der Waals surface area contributed by atoms with Crippen molar-refractivity contribution in [2.45, 2.75) is 12.5 Å². The number of amides is 1. The van der Waals surface area contributed by atoms with E-state index in [4.69, 9.17) is 0 Å². The second-order valence-corrected chi connectivity index (χ2v) is 3.87. The van der Waals surface area contributed by atoms with Crippen LogP contribution in [0, 0.1) is 0 Å². The fourth-order valence-corrected chi connectivity index (χ4v) is 1.87. The molecule has 0 aromatic carbocycles. The number of nitrogens with one attached hydrogen (secondary N) is 2. The summed E-state index contributed by atoms with van der Waals surface area (Å²) in [5, 5.41) is 2.82. The fraction of sp³-hybridized carbons (Fsp3) is 0.875. The molecule has 1 fully saturated rings. The average molecular weight is 203 g/mol. The van der Waals surface area contributed by atoms with Crippen molar-refractivity contribution in [1.29, 1.82) is 0 Å². The summed E-state index contributed by atoms with van der Waals surface area (Å²) in [6, 6.07) is 0.367. The number of hydrogen-bond donors (Lipinski definition) is 2. The third kappa shape index (κ3) is 3.97. The highest BCUT2D eigenvalue weighted by Crippen LogP contribution is 2.07. The number of carbonyl (C=O) groups is 1. The van der Waals surface area contributed by atoms with Gasteiger partial charge >= 0.3 is 0 Å². The molecule has 1 heterocycles. The Kier molecular flexibility index (Phi) is 5.19. The fourth-order valence-electron chi connectivity index (χ4n) is 1.57. The number of nitrogens with zero attached hydrogens (tertiary/aromatic N) is 1. The van der Waals surface area contributed by atoms with Gasteiger partial charge in [-0.25, -0.2) is 0 Å². The summed E-state index contributed by atoms with van der Waals surface area (Å²) < 4.78 is 3.21. The Hall–Kier alpha value is -0.260. The van der Waals surface area contributed by atoms with Crippen LogP contribution in [0.4, 0.5) is 0 Å². The third-order valence-electron chi connectivity index (χ3n) is 2.25. The van der Waals surface area contributed by atoms with Gasteiger partial charge in [-0.15, -0.1) is 0 Å². The predicted octanol–water partition coefficient (Wildman–Crippen LogP) is -0.326. The van der Waals surface area contributed by atoms with Crippen molar-refractivity contribution >= 4 is 18.4 Å². The first kappa shape index (κ1) is 10.8. The summed E-state index contributed by atoms with van der Waals surface area (Å²) in [4.78, 5) is 12.5. The van der Waals surface area contributed by atoms with Crippen LogP contribution in [0.2, 0.25) is 0 Å². The number of hydrogen-bond acceptors (Lipinski definition) is 4. The molecule has 1 saturated heterocycles. The van der Waals surface area contributed by atoms with Gasteiger partial charge < -0.3 is 5.32 Å². The molecule has 1 aliphatic heterocycles. The molecule has 1 atom stereocenters. The second-order valence-electron chi connectivity index (χ2n) is 3.17. The zero-order valence-electron chi connectivity index (χ0n) is 7.95. The molecule has 4 nitrogen and oxygen atoms in total. The molecule has 76 valence electrons. The van der Waals surface area contributed by atoms with Gasteiger partial charge in [0.1, 0.15) is 0 Å². The van der Waals surface area contributed by atoms with Gasteiger partial charge in [0.15, 0.2) is 0 Å². The molecule has 2 N–H and O–H groups in total. The zero-order valence-corrected chi connectivity index (χ0v) is 8.77. The van der Waals surface area contributed by atoms with E-state index in [0.717, 1.165) is 39.0 Å². The van der Waals surface area contributed by atoms with Crippen LogP contribution in [-0.2, 0) is 4.79 Å². The minimum absolute atomic E-state index is 0.367. The van der Waals surface area contributed by atoms with Crippen LogP contribution < -0.4 is 10.0 Å². The van der Waals surface area contributed by atoms with Gasteiger partial charge in [0.05, 0.1) is 0 Å². The Bertz CT molecular complexity index is 156. The highest BCUT2D eigenvalue weighted by Gasteiger charge is 2.20. The van der Waals surface area contributed by atoms with Gasteiger partial charge in [-0.05, 0) is 12.7 Å². The Labute approximate surface area is 83.6 Å². The van der Waals surface area contributed by atoms with E-state index in [1.165, 1.54) is 0 Å². The summed E-state index contributed by atoms with van der Waals surface area (Å²) >= 11 is 1.65. The first-order valence-electron chi connectivity index (χ1n) is 4.54. The van der Waals surface area contributed by atoms with E-state index in [2.05, 4.69) is 14.9 Å². The zero-order chi connectivity index (χ0) is 9.52. The molecule has 13 heavy (non-hydrogen) atoms. The summed E-state index contributed by atoms with van der Waals surface area (Å²) in [6.45, 7) is 4.17. The molecular formula is C8H17N3OS. The molecule has 0 bridgehead atoms. The van der Waals surface area contributed by atoms with Crippen LogP contribution in [0.3, 0.4) is 0 Å². The lowest BCUT2D eigenvalue weighted by Crippen LogP contribution is -2.33. The minimum Gasteiger partial charge on any atom is -0.355 e. The van der Waals surface area contributed by atoms with E-state index < -0.39 is 0 Å². The van der Waals surface area contributed by atoms with Crippen molar-refractivity contribution in [3.8, 4) is 0 Å². The smallest absolute Gasteiger partial charge is 0.207 e. The van der Waals surface area contributed by atoms with Crippen LogP contribution in [0.1, 0.15) is 6.42 Å². The van der Waals surface area contributed by atoms with Crippen molar-refractivity contribution in [3.63, 3.8) is 0 Å². The SMILES string of the molecule is CSNCCN1CCC(NC=O)C1. The van der Waals surface area contributed by atoms with Crippen LogP contribution >= 0.6 is 11.9 Å². The van der Waals surface area contributed by atoms with Crippen LogP contribution in [-0.4, -0.2) is 49.8 Å². The Balaban J connectivity index is 2.06. The Morgan fingerprint density at radius 3 is 3.23 bits per heavy atom. The molecule has 0 saturated carbocycles. The molecule has 0 aliphatic carbocycles. The second kappa shape index (κ2) is 6.23. The van der Waals surface area contributed by atoms with E-state index in [9.17, 15) is 4.79 Å². The van der Waals surface area contributed by atoms with Gasteiger partial charge in [-0.2, -0.15) is 0 Å². The third-order valence-corrected chi connectivity index (χ3v) is 2.74. The van der Waals surface area contributed by atoms with Crippen LogP contribution in [0.5, 0.6) is 0 Å². The standard InChI is InChI=1S/C8H17N3OS/c1-13-10-3-5-11-4-2-8(6-11)9-7-12/h7-8,10H,2-6H2,1H3,(H,9,12). The van der Waals surface area contributed by atoms with E-state index in [1.807, 2.05) is 6.26 Å². The minimum atomic E-state index is 0.367. The maximum atomic E-state index is 10.2. The molecule has 0 radical (unpaired) electrons. The van der Waals surface area contributed by atoms with E-state index >= 15 is 0 Å². The van der Waals surface area contributed by atoms with Crippen molar-refractivity contribution in [2.75, 3.05) is 32.4 Å². The maximum Gasteiger partial charge on any atom is 0.207 e. The van der Waals surface area contributed by atoms with Crippen LogP contribution in [0.25, 0.3) is 0 Å². The molecule has 5 heteroatoms. The molecule has 1 aliphatic rings. The normalized spacial score (nSPS) is 23.3. The van der Waals surface area contributed by atoms with E-state index in [-0.39, 0.29) is 0 Å². The van der Waals surface area contributed by atoms with Crippen molar-refractivity contribution < 1.29 is 4.79 Å². The van der Waals surface area contributed by atoms with E-state index in [0.29, 0.717) is 6.04 Å². The molecule has 1 rings (SSSR count). The molecule has 0 spiro atoms. The number of rotatable bonds is 6. The van der Waals surface area contributed by atoms with Crippen molar-refractivity contribution in [1.82, 2.24) is 14.9 Å². The highest BCUT2D eigenvalue weighted by atomic mass is 32.2. The van der Waals surface area contributed by atoms with Crippen LogP contribution in [0.15, 0.2) is 0 Å². The van der Waals surface area contributed by atoms with E-state index in [1.54, 1.807) is 11.9 Å². The first-order chi connectivity index (χ1) is 6.36. The largest absolute Gasteiger partial charge is 0.355 e.